The first kappa shape index (κ1) is 21.2. The second-order valence-corrected chi connectivity index (χ2v) is 9.07. The maximum absolute atomic E-state index is 6.13. The molecule has 0 radical (unpaired) electrons. The van der Waals surface area contributed by atoms with Crippen molar-refractivity contribution in [3.8, 4) is 11.1 Å². The van der Waals surface area contributed by atoms with E-state index >= 15 is 0 Å². The maximum atomic E-state index is 6.13. The molecule has 2 heterocycles. The number of aromatic nitrogens is 2. The quantitative estimate of drug-likeness (QED) is 0.516. The van der Waals surface area contributed by atoms with Gasteiger partial charge in [0, 0.05) is 17.0 Å². The fraction of sp³-hybridized carbons (Fsp3) is 0.423. The summed E-state index contributed by atoms with van der Waals surface area (Å²) in [6, 6.07) is 10.8. The molecule has 0 aliphatic heterocycles. The van der Waals surface area contributed by atoms with Crippen molar-refractivity contribution in [1.82, 2.24) is 9.97 Å². The highest BCUT2D eigenvalue weighted by Gasteiger charge is 2.30. The van der Waals surface area contributed by atoms with Crippen LogP contribution in [0.25, 0.3) is 27.9 Å². The van der Waals surface area contributed by atoms with E-state index in [-0.39, 0.29) is 0 Å². The molecule has 0 saturated heterocycles. The van der Waals surface area contributed by atoms with Gasteiger partial charge in [-0.05, 0) is 54.7 Å². The zero-order valence-electron chi connectivity index (χ0n) is 18.8. The van der Waals surface area contributed by atoms with Gasteiger partial charge in [0.2, 0.25) is 0 Å². The van der Waals surface area contributed by atoms with E-state index in [0.29, 0.717) is 17.0 Å². The Labute approximate surface area is 175 Å². The molecule has 4 rings (SSSR count). The fourth-order valence-corrected chi connectivity index (χ4v) is 4.33. The lowest BCUT2D eigenvalue weighted by molar-refractivity contribution is 0.215. The second kappa shape index (κ2) is 8.06. The average Bonchev–Trinajstić information content (AvgIpc) is 3.05. The van der Waals surface area contributed by atoms with Gasteiger partial charge in [0.1, 0.15) is 0 Å². The summed E-state index contributed by atoms with van der Waals surface area (Å²) in [6.07, 6.45) is 3.35. The molecule has 3 aromatic rings. The van der Waals surface area contributed by atoms with Gasteiger partial charge in [0.25, 0.3) is 0 Å². The minimum atomic E-state index is 0.325. The van der Waals surface area contributed by atoms with Crippen LogP contribution in [0.2, 0.25) is 0 Å². The highest BCUT2D eigenvalue weighted by Crippen LogP contribution is 2.40. The minimum absolute atomic E-state index is 0.325. The predicted molar refractivity (Wildman–Crippen MR) is 126 cm³/mol. The van der Waals surface area contributed by atoms with Gasteiger partial charge in [-0.2, -0.15) is 0 Å². The fourth-order valence-electron chi connectivity index (χ4n) is 4.33. The molecule has 3 N–H and O–H groups in total. The van der Waals surface area contributed by atoms with Gasteiger partial charge in [-0.25, -0.2) is 0 Å². The Kier molecular flexibility index (Phi) is 5.88. The van der Waals surface area contributed by atoms with Gasteiger partial charge in [-0.15, -0.1) is 0 Å². The van der Waals surface area contributed by atoms with Crippen LogP contribution in [-0.4, -0.2) is 9.97 Å². The first-order valence-electron chi connectivity index (χ1n) is 10.8. The summed E-state index contributed by atoms with van der Waals surface area (Å²) in [5.41, 5.74) is 16.0. The van der Waals surface area contributed by atoms with Crippen molar-refractivity contribution >= 4 is 16.7 Å². The maximum Gasteiger partial charge on any atom is 0.0967 e. The van der Waals surface area contributed by atoms with E-state index in [4.69, 9.17) is 10.7 Å². The average molecular weight is 390 g/mol. The number of nitrogens with one attached hydrogen (secondary N) is 1. The second-order valence-electron chi connectivity index (χ2n) is 9.07. The normalized spacial score (nSPS) is 16.1. The number of nitrogens with two attached hydrogens (primary N) is 1. The van der Waals surface area contributed by atoms with E-state index in [1.54, 1.807) is 0 Å². The van der Waals surface area contributed by atoms with Gasteiger partial charge < -0.3 is 10.7 Å². The Balaban J connectivity index is 0.00000117. The van der Waals surface area contributed by atoms with Gasteiger partial charge in [0.05, 0.1) is 16.7 Å². The van der Waals surface area contributed by atoms with Crippen LogP contribution in [0, 0.1) is 18.3 Å². The van der Waals surface area contributed by atoms with Crippen LogP contribution < -0.4 is 5.73 Å². The summed E-state index contributed by atoms with van der Waals surface area (Å²) in [7, 11) is 0. The summed E-state index contributed by atoms with van der Waals surface area (Å²) in [5, 5.41) is 0. The Hall–Kier alpha value is -2.55. The number of H-pyrrole nitrogens is 1. The zero-order valence-corrected chi connectivity index (χ0v) is 18.8. The van der Waals surface area contributed by atoms with Crippen LogP contribution >= 0.6 is 0 Å². The van der Waals surface area contributed by atoms with Crippen LogP contribution in [0.3, 0.4) is 0 Å². The van der Waals surface area contributed by atoms with E-state index in [0.717, 1.165) is 40.7 Å². The monoisotopic (exact) mass is 389 g/mol. The third kappa shape index (κ3) is 4.10. The molecule has 1 unspecified atom stereocenters. The van der Waals surface area contributed by atoms with Crippen molar-refractivity contribution < 1.29 is 0 Å². The molecule has 0 saturated carbocycles. The van der Waals surface area contributed by atoms with Crippen molar-refractivity contribution in [3.05, 3.63) is 59.4 Å². The molecule has 0 bridgehead atoms. The highest BCUT2D eigenvalue weighted by atomic mass is 14.8. The van der Waals surface area contributed by atoms with Crippen LogP contribution in [-0.2, 0) is 12.8 Å². The van der Waals surface area contributed by atoms with Crippen LogP contribution in [0.15, 0.2) is 36.9 Å². The number of hydrogen-bond donors (Lipinski definition) is 2. The van der Waals surface area contributed by atoms with Gasteiger partial charge in [-0.1, -0.05) is 71.0 Å². The van der Waals surface area contributed by atoms with E-state index < -0.39 is 0 Å². The number of benzene rings is 1. The molecule has 0 amide bonds. The van der Waals surface area contributed by atoms with E-state index in [1.807, 2.05) is 13.8 Å². The van der Waals surface area contributed by atoms with Gasteiger partial charge >= 0.3 is 0 Å². The van der Waals surface area contributed by atoms with Crippen molar-refractivity contribution in [2.45, 2.75) is 60.8 Å². The van der Waals surface area contributed by atoms with E-state index in [2.05, 4.69) is 69.6 Å². The molecule has 0 spiro atoms. The molecule has 0 fully saturated rings. The molecule has 154 valence electrons. The highest BCUT2D eigenvalue weighted by molar-refractivity contribution is 5.99. The van der Waals surface area contributed by atoms with Crippen LogP contribution in [0.5, 0.6) is 0 Å². The Morgan fingerprint density at radius 1 is 1.21 bits per heavy atom. The Morgan fingerprint density at radius 2 is 1.93 bits per heavy atom. The number of hydrogen-bond acceptors (Lipinski definition) is 2. The molecular weight excluding hydrogens is 354 g/mol. The lowest BCUT2D eigenvalue weighted by atomic mass is 9.71. The minimum Gasteiger partial charge on any atom is -0.398 e. The largest absolute Gasteiger partial charge is 0.398 e. The number of aromatic amines is 1. The third-order valence-electron chi connectivity index (χ3n) is 5.99. The molecule has 3 nitrogen and oxygen atoms in total. The molecule has 1 aliphatic carbocycles. The summed E-state index contributed by atoms with van der Waals surface area (Å²) in [4.78, 5) is 8.61. The first-order chi connectivity index (χ1) is 13.7. The zero-order chi connectivity index (χ0) is 21.3. The number of pyridine rings is 1. The summed E-state index contributed by atoms with van der Waals surface area (Å²) in [5.74, 6) is 0.694. The Morgan fingerprint density at radius 3 is 2.55 bits per heavy atom. The smallest absolute Gasteiger partial charge is 0.0967 e. The molecule has 29 heavy (non-hydrogen) atoms. The number of nitrogens with zero attached hydrogens (tertiary/aromatic N) is 1. The summed E-state index contributed by atoms with van der Waals surface area (Å²) in [6.45, 7) is 17.1. The van der Waals surface area contributed by atoms with Crippen LogP contribution in [0.4, 0.5) is 0 Å². The SMILES string of the molecule is C=C(N)c1[nH]c2cc3c(nc2c1-c1cccc(C)c1)CCC(C(C)(C)C)C3.CC. The third-order valence-corrected chi connectivity index (χ3v) is 5.99. The lowest BCUT2D eigenvalue weighted by Gasteiger charge is -2.34. The van der Waals surface area contributed by atoms with E-state index in [9.17, 15) is 0 Å². The summed E-state index contributed by atoms with van der Waals surface area (Å²) >= 11 is 0. The summed E-state index contributed by atoms with van der Waals surface area (Å²) < 4.78 is 0. The van der Waals surface area contributed by atoms with Crippen molar-refractivity contribution in [3.63, 3.8) is 0 Å². The molecule has 2 aromatic heterocycles. The molecule has 3 heteroatoms. The van der Waals surface area contributed by atoms with Crippen molar-refractivity contribution in [1.29, 1.82) is 0 Å². The molecule has 1 aliphatic rings. The van der Waals surface area contributed by atoms with E-state index in [1.165, 1.54) is 23.2 Å². The lowest BCUT2D eigenvalue weighted by Crippen LogP contribution is -2.27. The molecule has 1 aromatic carbocycles. The number of fused-ring (bicyclic) bond motifs is 2. The Bertz CT molecular complexity index is 1030. The van der Waals surface area contributed by atoms with Crippen LogP contribution in [0.1, 0.15) is 63.6 Å². The van der Waals surface area contributed by atoms with Gasteiger partial charge in [0.15, 0.2) is 0 Å². The number of rotatable bonds is 2. The predicted octanol–water partition coefficient (Wildman–Crippen LogP) is 6.64. The molecular formula is C26H35N3. The van der Waals surface area contributed by atoms with Crippen molar-refractivity contribution in [2.75, 3.05) is 0 Å². The number of aryl methyl sites for hydroxylation is 2. The molecule has 1 atom stereocenters. The standard InChI is InChI=1S/C24H29N3.C2H6/c1-14-7-6-8-16(11-14)21-22(15(2)25)27-20-13-17-12-18(24(3,4)5)9-10-19(17)26-23(20)21;1-2/h6-8,11,13,18,27H,2,9-10,12,25H2,1,3-5H3;1-2H3. The van der Waals surface area contributed by atoms with Gasteiger partial charge in [-0.3, -0.25) is 4.98 Å². The topological polar surface area (TPSA) is 54.7 Å². The first-order valence-corrected chi connectivity index (χ1v) is 10.8. The van der Waals surface area contributed by atoms with Crippen molar-refractivity contribution in [2.24, 2.45) is 17.1 Å².